The number of rotatable bonds is 2. The molecule has 2 aliphatic heterocycles. The molecular weight excluding hydrogens is 322 g/mol. The summed E-state index contributed by atoms with van der Waals surface area (Å²) < 4.78 is 10.1. The van der Waals surface area contributed by atoms with Crippen molar-refractivity contribution in [2.75, 3.05) is 38.2 Å². The van der Waals surface area contributed by atoms with E-state index in [1.165, 1.54) is 7.11 Å². The van der Waals surface area contributed by atoms with Gasteiger partial charge < -0.3 is 19.3 Å². The van der Waals surface area contributed by atoms with E-state index in [9.17, 15) is 9.59 Å². The van der Waals surface area contributed by atoms with Gasteiger partial charge in [-0.3, -0.25) is 0 Å². The summed E-state index contributed by atoms with van der Waals surface area (Å²) >= 11 is 0. The number of esters is 1. The van der Waals surface area contributed by atoms with Crippen LogP contribution in [0, 0.1) is 5.41 Å². The molecule has 2 saturated heterocycles. The fraction of sp³-hybridized carbons (Fsp3) is 0.611. The Morgan fingerprint density at radius 3 is 2.48 bits per heavy atom. The third kappa shape index (κ3) is 3.70. The van der Waals surface area contributed by atoms with Gasteiger partial charge in [0.15, 0.2) is 0 Å². The monoisotopic (exact) mass is 347 g/mol. The number of hydrogen-bond acceptors (Lipinski definition) is 6. The van der Waals surface area contributed by atoms with Gasteiger partial charge in [0, 0.05) is 31.6 Å². The SMILES string of the molecule is COC(=O)c1ccc(N2CC3(CCN(C(=O)OC(C)(C)C)C3)C2)cn1. The Hall–Kier alpha value is -2.31. The Kier molecular flexibility index (Phi) is 4.34. The molecule has 136 valence electrons. The molecule has 7 nitrogen and oxygen atoms in total. The molecule has 0 saturated carbocycles. The smallest absolute Gasteiger partial charge is 0.410 e. The number of carbonyl (C=O) groups is 2. The lowest BCUT2D eigenvalue weighted by atomic mass is 9.79. The van der Waals surface area contributed by atoms with E-state index in [0.29, 0.717) is 5.69 Å². The van der Waals surface area contributed by atoms with Crippen LogP contribution in [-0.2, 0) is 9.47 Å². The number of anilines is 1. The van der Waals surface area contributed by atoms with Crippen LogP contribution < -0.4 is 4.90 Å². The van der Waals surface area contributed by atoms with Crippen LogP contribution in [0.2, 0.25) is 0 Å². The lowest BCUT2D eigenvalue weighted by molar-refractivity contribution is 0.0265. The van der Waals surface area contributed by atoms with Crippen molar-refractivity contribution in [2.24, 2.45) is 5.41 Å². The fourth-order valence-electron chi connectivity index (χ4n) is 3.42. The van der Waals surface area contributed by atoms with Crippen LogP contribution in [0.4, 0.5) is 10.5 Å². The minimum atomic E-state index is -0.467. The topological polar surface area (TPSA) is 72.0 Å². The van der Waals surface area contributed by atoms with E-state index in [4.69, 9.17) is 4.74 Å². The number of nitrogens with zero attached hydrogens (tertiary/aromatic N) is 3. The van der Waals surface area contributed by atoms with E-state index >= 15 is 0 Å². The van der Waals surface area contributed by atoms with Gasteiger partial charge in [-0.2, -0.15) is 0 Å². The maximum absolute atomic E-state index is 12.2. The lowest BCUT2D eigenvalue weighted by Gasteiger charge is -2.49. The molecule has 0 N–H and O–H groups in total. The van der Waals surface area contributed by atoms with Gasteiger partial charge in [-0.15, -0.1) is 0 Å². The standard InChI is InChI=1S/C18H25N3O4/c1-17(2,3)25-16(23)20-8-7-18(10-20)11-21(12-18)13-5-6-14(19-9-13)15(22)24-4/h5-6,9H,7-8,10-12H2,1-4H3. The highest BCUT2D eigenvalue weighted by Gasteiger charge is 2.49. The number of amides is 1. The van der Waals surface area contributed by atoms with E-state index in [1.54, 1.807) is 17.2 Å². The first kappa shape index (κ1) is 17.5. The quantitative estimate of drug-likeness (QED) is 0.765. The maximum Gasteiger partial charge on any atom is 0.410 e. The largest absolute Gasteiger partial charge is 0.464 e. The fourth-order valence-corrected chi connectivity index (χ4v) is 3.42. The lowest BCUT2D eigenvalue weighted by Crippen LogP contribution is -2.58. The van der Waals surface area contributed by atoms with Gasteiger partial charge in [-0.05, 0) is 39.3 Å². The van der Waals surface area contributed by atoms with E-state index < -0.39 is 11.6 Å². The number of aromatic nitrogens is 1. The molecule has 0 radical (unpaired) electrons. The summed E-state index contributed by atoms with van der Waals surface area (Å²) in [5, 5.41) is 0. The number of methoxy groups -OCH3 is 1. The summed E-state index contributed by atoms with van der Waals surface area (Å²) in [7, 11) is 1.34. The number of ether oxygens (including phenoxy) is 2. The van der Waals surface area contributed by atoms with Crippen molar-refractivity contribution in [1.29, 1.82) is 0 Å². The highest BCUT2D eigenvalue weighted by Crippen LogP contribution is 2.41. The molecule has 0 atom stereocenters. The van der Waals surface area contributed by atoms with Crippen molar-refractivity contribution in [2.45, 2.75) is 32.8 Å². The average molecular weight is 347 g/mol. The average Bonchev–Trinajstić information content (AvgIpc) is 2.97. The Labute approximate surface area is 147 Å². The molecule has 1 aromatic heterocycles. The molecule has 0 bridgehead atoms. The number of pyridine rings is 1. The minimum absolute atomic E-state index is 0.137. The molecule has 0 aliphatic carbocycles. The van der Waals surface area contributed by atoms with Crippen LogP contribution in [-0.4, -0.2) is 60.8 Å². The van der Waals surface area contributed by atoms with Gasteiger partial charge in [-0.25, -0.2) is 14.6 Å². The highest BCUT2D eigenvalue weighted by atomic mass is 16.6. The summed E-state index contributed by atoms with van der Waals surface area (Å²) in [6.07, 6.45) is 2.45. The zero-order chi connectivity index (χ0) is 18.2. The molecular formula is C18H25N3O4. The van der Waals surface area contributed by atoms with Gasteiger partial charge in [0.1, 0.15) is 11.3 Å². The van der Waals surface area contributed by atoms with Gasteiger partial charge >= 0.3 is 12.1 Å². The molecule has 1 aromatic rings. The minimum Gasteiger partial charge on any atom is -0.464 e. The third-order valence-corrected chi connectivity index (χ3v) is 4.65. The normalized spacial score (nSPS) is 18.9. The van der Waals surface area contributed by atoms with Crippen LogP contribution in [0.15, 0.2) is 18.3 Å². The molecule has 1 spiro atoms. The van der Waals surface area contributed by atoms with Crippen LogP contribution in [0.5, 0.6) is 0 Å². The van der Waals surface area contributed by atoms with Gasteiger partial charge in [-0.1, -0.05) is 0 Å². The molecule has 3 rings (SSSR count). The number of hydrogen-bond donors (Lipinski definition) is 0. The Bertz CT molecular complexity index is 660. The molecule has 2 fully saturated rings. The van der Waals surface area contributed by atoms with Crippen LogP contribution in [0.1, 0.15) is 37.7 Å². The second-order valence-electron chi connectivity index (χ2n) is 7.90. The zero-order valence-corrected chi connectivity index (χ0v) is 15.2. The van der Waals surface area contributed by atoms with Gasteiger partial charge in [0.05, 0.1) is 19.0 Å². The van der Waals surface area contributed by atoms with Crippen LogP contribution in [0.25, 0.3) is 0 Å². The Morgan fingerprint density at radius 2 is 1.92 bits per heavy atom. The summed E-state index contributed by atoms with van der Waals surface area (Å²) in [4.78, 5) is 31.8. The van der Waals surface area contributed by atoms with Crippen molar-refractivity contribution >= 4 is 17.7 Å². The molecule has 0 unspecified atom stereocenters. The number of likely N-dealkylation sites (tertiary alicyclic amines) is 1. The van der Waals surface area contributed by atoms with Gasteiger partial charge in [0.25, 0.3) is 0 Å². The molecule has 2 aliphatic rings. The molecule has 25 heavy (non-hydrogen) atoms. The van der Waals surface area contributed by atoms with Gasteiger partial charge in [0.2, 0.25) is 0 Å². The first-order valence-corrected chi connectivity index (χ1v) is 8.49. The van der Waals surface area contributed by atoms with Crippen molar-refractivity contribution < 1.29 is 19.1 Å². The van der Waals surface area contributed by atoms with Crippen molar-refractivity contribution in [3.05, 3.63) is 24.0 Å². The predicted molar refractivity (Wildman–Crippen MR) is 92.6 cm³/mol. The van der Waals surface area contributed by atoms with Crippen molar-refractivity contribution in [1.82, 2.24) is 9.88 Å². The second-order valence-corrected chi connectivity index (χ2v) is 7.90. The van der Waals surface area contributed by atoms with E-state index in [1.807, 2.05) is 26.8 Å². The third-order valence-electron chi connectivity index (χ3n) is 4.65. The molecule has 7 heteroatoms. The summed E-state index contributed by atoms with van der Waals surface area (Å²) in [6.45, 7) is 8.87. The first-order valence-electron chi connectivity index (χ1n) is 8.49. The number of carbonyl (C=O) groups excluding carboxylic acids is 2. The maximum atomic E-state index is 12.2. The summed E-state index contributed by atoms with van der Waals surface area (Å²) in [6, 6.07) is 3.56. The van der Waals surface area contributed by atoms with Crippen LogP contribution >= 0.6 is 0 Å². The van der Waals surface area contributed by atoms with E-state index in [-0.39, 0.29) is 11.5 Å². The van der Waals surface area contributed by atoms with E-state index in [0.717, 1.165) is 38.3 Å². The molecule has 3 heterocycles. The Balaban J connectivity index is 1.55. The van der Waals surface area contributed by atoms with Crippen LogP contribution in [0.3, 0.4) is 0 Å². The van der Waals surface area contributed by atoms with Crippen molar-refractivity contribution in [3.8, 4) is 0 Å². The van der Waals surface area contributed by atoms with E-state index in [2.05, 4.69) is 14.6 Å². The molecule has 0 aromatic carbocycles. The van der Waals surface area contributed by atoms with Crippen molar-refractivity contribution in [3.63, 3.8) is 0 Å². The predicted octanol–water partition coefficient (Wildman–Crippen LogP) is 2.32. The summed E-state index contributed by atoms with van der Waals surface area (Å²) in [5.74, 6) is -0.435. The Morgan fingerprint density at radius 1 is 1.20 bits per heavy atom. The molecule has 1 amide bonds. The zero-order valence-electron chi connectivity index (χ0n) is 15.2. The highest BCUT2D eigenvalue weighted by molar-refractivity contribution is 5.87. The summed E-state index contributed by atoms with van der Waals surface area (Å²) in [5.41, 5.74) is 0.955. The first-order chi connectivity index (χ1) is 11.7. The second kappa shape index (κ2) is 6.20.